The van der Waals surface area contributed by atoms with E-state index in [2.05, 4.69) is 21.2 Å². The molecule has 0 saturated carbocycles. The van der Waals surface area contributed by atoms with Crippen LogP contribution in [-0.2, 0) is 26.2 Å². The zero-order chi connectivity index (χ0) is 29.7. The number of fused-ring (bicyclic) bond motifs is 1. The molecule has 1 heterocycles. The molecule has 0 bridgehead atoms. The van der Waals surface area contributed by atoms with E-state index in [0.29, 0.717) is 12.4 Å². The third-order valence-corrected chi connectivity index (χ3v) is 8.60. The predicted molar refractivity (Wildman–Crippen MR) is 156 cm³/mol. The highest BCUT2D eigenvalue weighted by Crippen LogP contribution is 2.34. The van der Waals surface area contributed by atoms with E-state index in [1.165, 1.54) is 35.2 Å². The van der Waals surface area contributed by atoms with E-state index in [-0.39, 0.29) is 41.4 Å². The highest BCUT2D eigenvalue weighted by Gasteiger charge is 2.33. The zero-order valence-corrected chi connectivity index (χ0v) is 25.2. The number of sulfonamides is 1. The molecule has 1 aliphatic rings. The molecule has 0 spiro atoms. The molecular formula is C29H31BrFN3O6S. The Labute approximate surface area is 247 Å². The number of hydrogen-bond acceptors (Lipinski definition) is 6. The van der Waals surface area contributed by atoms with Crippen LogP contribution in [0, 0.1) is 5.82 Å². The Morgan fingerprint density at radius 3 is 2.32 bits per heavy atom. The summed E-state index contributed by atoms with van der Waals surface area (Å²) in [5.74, 6) is -0.900. The Bertz CT molecular complexity index is 1520. The molecule has 0 radical (unpaired) electrons. The summed E-state index contributed by atoms with van der Waals surface area (Å²) < 4.78 is 54.6. The average Bonchev–Trinajstić information content (AvgIpc) is 2.94. The van der Waals surface area contributed by atoms with Gasteiger partial charge in [0.25, 0.3) is 10.0 Å². The second-order valence-electron chi connectivity index (χ2n) is 9.78. The number of anilines is 1. The van der Waals surface area contributed by atoms with Crippen molar-refractivity contribution in [2.24, 2.45) is 0 Å². The fraction of sp³-hybridized carbons (Fsp3) is 0.310. The van der Waals surface area contributed by atoms with Gasteiger partial charge in [0.2, 0.25) is 11.8 Å². The normalized spacial score (nSPS) is 13.4. The molecule has 0 saturated heterocycles. The van der Waals surface area contributed by atoms with Gasteiger partial charge in [-0.05, 0) is 74.9 Å². The number of carbonyl (C=O) groups is 2. The van der Waals surface area contributed by atoms with E-state index in [1.54, 1.807) is 26.8 Å². The molecule has 41 heavy (non-hydrogen) atoms. The number of rotatable bonds is 10. The summed E-state index contributed by atoms with van der Waals surface area (Å²) in [6.07, 6.45) is 0. The molecule has 1 unspecified atom stereocenters. The van der Waals surface area contributed by atoms with Crippen molar-refractivity contribution in [1.29, 1.82) is 0 Å². The molecule has 4 rings (SSSR count). The first-order chi connectivity index (χ1) is 19.5. The highest BCUT2D eigenvalue weighted by molar-refractivity contribution is 9.10. The summed E-state index contributed by atoms with van der Waals surface area (Å²) in [5.41, 5.74) is 0.816. The smallest absolute Gasteiger partial charge is 0.264 e. The molecular weight excluding hydrogens is 617 g/mol. The van der Waals surface area contributed by atoms with Gasteiger partial charge in [0.15, 0.2) is 11.5 Å². The molecule has 0 aromatic heterocycles. The lowest BCUT2D eigenvalue weighted by atomic mass is 10.1. The van der Waals surface area contributed by atoms with Gasteiger partial charge in [-0.1, -0.05) is 28.1 Å². The monoisotopic (exact) mass is 647 g/mol. The maximum absolute atomic E-state index is 14.0. The zero-order valence-electron chi connectivity index (χ0n) is 22.8. The van der Waals surface area contributed by atoms with Gasteiger partial charge in [0.1, 0.15) is 31.6 Å². The van der Waals surface area contributed by atoms with Crippen LogP contribution in [0.15, 0.2) is 76.1 Å². The lowest BCUT2D eigenvalue weighted by Crippen LogP contribution is -2.52. The summed E-state index contributed by atoms with van der Waals surface area (Å²) >= 11 is 3.42. The molecule has 2 amide bonds. The van der Waals surface area contributed by atoms with E-state index in [9.17, 15) is 22.4 Å². The molecule has 1 N–H and O–H groups in total. The van der Waals surface area contributed by atoms with Crippen LogP contribution in [-0.4, -0.2) is 57.0 Å². The maximum Gasteiger partial charge on any atom is 0.264 e. The molecule has 3 aromatic carbocycles. The standard InChI is InChI=1S/C29H31BrFN3O6S/c1-19(2)32-29(36)20(3)33(17-21-5-4-6-22(30)15-21)28(35)18-34(24-9-7-23(31)8-10-24)41(37,38)25-11-12-26-27(16-25)40-14-13-39-26/h4-12,15-16,19-20H,13-14,17-18H2,1-3H3,(H,32,36). The number of benzene rings is 3. The van der Waals surface area contributed by atoms with Crippen molar-refractivity contribution < 1.29 is 31.9 Å². The van der Waals surface area contributed by atoms with Crippen LogP contribution in [0.3, 0.4) is 0 Å². The summed E-state index contributed by atoms with van der Waals surface area (Å²) in [5, 5.41) is 2.81. The Morgan fingerprint density at radius 1 is 0.976 bits per heavy atom. The molecule has 0 fully saturated rings. The van der Waals surface area contributed by atoms with Gasteiger partial charge in [-0.2, -0.15) is 0 Å². The van der Waals surface area contributed by atoms with Crippen LogP contribution in [0.25, 0.3) is 0 Å². The second-order valence-corrected chi connectivity index (χ2v) is 12.6. The Hall–Kier alpha value is -3.64. The number of halogens is 2. The topological polar surface area (TPSA) is 105 Å². The predicted octanol–water partition coefficient (Wildman–Crippen LogP) is 4.50. The lowest BCUT2D eigenvalue weighted by molar-refractivity contribution is -0.139. The van der Waals surface area contributed by atoms with Gasteiger partial charge >= 0.3 is 0 Å². The first-order valence-electron chi connectivity index (χ1n) is 13.0. The molecule has 9 nitrogen and oxygen atoms in total. The van der Waals surface area contributed by atoms with Crippen LogP contribution in [0.5, 0.6) is 11.5 Å². The molecule has 1 aliphatic heterocycles. The van der Waals surface area contributed by atoms with E-state index in [0.717, 1.165) is 26.5 Å². The lowest BCUT2D eigenvalue weighted by Gasteiger charge is -2.32. The van der Waals surface area contributed by atoms with Crippen LogP contribution in [0.4, 0.5) is 10.1 Å². The SMILES string of the molecule is CC(C)NC(=O)C(C)N(Cc1cccc(Br)c1)C(=O)CN(c1ccc(F)cc1)S(=O)(=O)c1ccc2c(c1)OCCO2. The van der Waals surface area contributed by atoms with Crippen LogP contribution >= 0.6 is 15.9 Å². The van der Waals surface area contributed by atoms with Crippen LogP contribution < -0.4 is 19.1 Å². The van der Waals surface area contributed by atoms with E-state index >= 15 is 0 Å². The van der Waals surface area contributed by atoms with Crippen molar-refractivity contribution >= 4 is 43.5 Å². The van der Waals surface area contributed by atoms with E-state index in [1.807, 2.05) is 18.2 Å². The Kier molecular flexibility index (Phi) is 9.54. The molecule has 0 aliphatic carbocycles. The Balaban J connectivity index is 1.72. The van der Waals surface area contributed by atoms with Gasteiger partial charge < -0.3 is 19.7 Å². The third kappa shape index (κ3) is 7.36. The number of hydrogen-bond donors (Lipinski definition) is 1. The number of nitrogens with one attached hydrogen (secondary N) is 1. The Morgan fingerprint density at radius 2 is 1.66 bits per heavy atom. The van der Waals surface area contributed by atoms with Gasteiger partial charge in [0.05, 0.1) is 10.6 Å². The van der Waals surface area contributed by atoms with Crippen molar-refractivity contribution in [2.45, 2.75) is 44.3 Å². The van der Waals surface area contributed by atoms with Crippen molar-refractivity contribution in [3.63, 3.8) is 0 Å². The molecule has 3 aromatic rings. The number of amides is 2. The van der Waals surface area contributed by atoms with Gasteiger partial charge in [-0.15, -0.1) is 0 Å². The summed E-state index contributed by atoms with van der Waals surface area (Å²) in [6, 6.07) is 15.2. The van der Waals surface area contributed by atoms with E-state index in [4.69, 9.17) is 9.47 Å². The second kappa shape index (κ2) is 12.9. The average molecular weight is 649 g/mol. The fourth-order valence-electron chi connectivity index (χ4n) is 4.27. The number of nitrogens with zero attached hydrogens (tertiary/aromatic N) is 2. The molecule has 1 atom stereocenters. The maximum atomic E-state index is 14.0. The minimum absolute atomic E-state index is 0.0479. The fourth-order valence-corrected chi connectivity index (χ4v) is 6.14. The highest BCUT2D eigenvalue weighted by atomic mass is 79.9. The largest absolute Gasteiger partial charge is 0.486 e. The van der Waals surface area contributed by atoms with Gasteiger partial charge in [-0.25, -0.2) is 12.8 Å². The number of carbonyl (C=O) groups excluding carboxylic acids is 2. The van der Waals surface area contributed by atoms with Crippen LogP contribution in [0.1, 0.15) is 26.3 Å². The van der Waals surface area contributed by atoms with E-state index < -0.39 is 34.3 Å². The quantitative estimate of drug-likeness (QED) is 0.348. The molecule has 218 valence electrons. The number of ether oxygens (including phenoxy) is 2. The summed E-state index contributed by atoms with van der Waals surface area (Å²) in [4.78, 5) is 28.1. The summed E-state index contributed by atoms with van der Waals surface area (Å²) in [6.45, 7) is 5.21. The molecule has 12 heteroatoms. The first-order valence-corrected chi connectivity index (χ1v) is 15.2. The minimum Gasteiger partial charge on any atom is -0.486 e. The summed E-state index contributed by atoms with van der Waals surface area (Å²) in [7, 11) is -4.35. The van der Waals surface area contributed by atoms with Crippen molar-refractivity contribution in [3.8, 4) is 11.5 Å². The van der Waals surface area contributed by atoms with Gasteiger partial charge in [0, 0.05) is 23.1 Å². The van der Waals surface area contributed by atoms with Gasteiger partial charge in [-0.3, -0.25) is 13.9 Å². The van der Waals surface area contributed by atoms with Crippen molar-refractivity contribution in [2.75, 3.05) is 24.1 Å². The van der Waals surface area contributed by atoms with Crippen LogP contribution in [0.2, 0.25) is 0 Å². The first kappa shape index (κ1) is 30.3. The van der Waals surface area contributed by atoms with Crippen molar-refractivity contribution in [1.82, 2.24) is 10.2 Å². The minimum atomic E-state index is -4.35. The van der Waals surface area contributed by atoms with Crippen molar-refractivity contribution in [3.05, 3.63) is 82.6 Å². The third-order valence-electron chi connectivity index (χ3n) is 6.34.